The number of nitrogens with one attached hydrogen (secondary N) is 1. The second-order valence-corrected chi connectivity index (χ2v) is 6.54. The molecule has 1 atom stereocenters. The lowest BCUT2D eigenvalue weighted by Crippen LogP contribution is -2.28. The third-order valence-electron chi connectivity index (χ3n) is 4.05. The summed E-state index contributed by atoms with van der Waals surface area (Å²) in [5, 5.41) is 3.62. The first-order valence-corrected chi connectivity index (χ1v) is 8.44. The number of rotatable bonds is 4. The zero-order valence-electron chi connectivity index (χ0n) is 13.5. The van der Waals surface area contributed by atoms with Gasteiger partial charge in [0.05, 0.1) is 23.1 Å². The minimum Gasteiger partial charge on any atom is -0.497 e. The van der Waals surface area contributed by atoms with Crippen LogP contribution in [-0.4, -0.2) is 25.5 Å². The molecule has 1 unspecified atom stereocenters. The Kier molecular flexibility index (Phi) is 5.16. The molecule has 2 amide bonds. The molecule has 1 saturated heterocycles. The van der Waals surface area contributed by atoms with Crippen LogP contribution in [0, 0.1) is 5.92 Å². The maximum atomic E-state index is 12.5. The number of hydrogen-bond donors (Lipinski definition) is 1. The van der Waals surface area contributed by atoms with E-state index in [0.29, 0.717) is 33.7 Å². The normalized spacial score (nSPS) is 16.8. The number of methoxy groups -OCH3 is 1. The van der Waals surface area contributed by atoms with Crippen molar-refractivity contribution < 1.29 is 14.3 Å². The quantitative estimate of drug-likeness (QED) is 0.874. The van der Waals surface area contributed by atoms with Crippen LogP contribution in [0.1, 0.15) is 6.42 Å². The van der Waals surface area contributed by atoms with Crippen LogP contribution in [0.4, 0.5) is 11.4 Å². The number of carbonyl (C=O) groups excluding carboxylic acids is 2. The number of carbonyl (C=O) groups is 2. The molecule has 0 saturated carbocycles. The molecule has 130 valence electrons. The standard InChI is InChI=1S/C18H16Cl2N2O3/c1-25-14-4-2-3-12(8-14)21-18(24)11-7-17(23)22(10-11)13-5-6-15(19)16(20)9-13/h2-6,8-9,11H,7,10H2,1H3,(H,21,24). The smallest absolute Gasteiger partial charge is 0.229 e. The molecule has 0 aromatic heterocycles. The summed E-state index contributed by atoms with van der Waals surface area (Å²) in [6, 6.07) is 12.1. The number of nitrogens with zero attached hydrogens (tertiary/aromatic N) is 1. The Balaban J connectivity index is 1.70. The Hall–Kier alpha value is -2.24. The predicted molar refractivity (Wildman–Crippen MR) is 98.5 cm³/mol. The molecule has 0 radical (unpaired) electrons. The average molecular weight is 379 g/mol. The zero-order valence-corrected chi connectivity index (χ0v) is 15.0. The first-order valence-electron chi connectivity index (χ1n) is 7.68. The van der Waals surface area contributed by atoms with Gasteiger partial charge in [0.1, 0.15) is 5.75 Å². The molecule has 0 bridgehead atoms. The summed E-state index contributed by atoms with van der Waals surface area (Å²) >= 11 is 11.9. The Bertz CT molecular complexity index is 826. The van der Waals surface area contributed by atoms with Crippen LogP contribution in [0.3, 0.4) is 0 Å². The number of amides is 2. The lowest BCUT2D eigenvalue weighted by atomic mass is 10.1. The summed E-state index contributed by atoms with van der Waals surface area (Å²) in [6.45, 7) is 0.298. The van der Waals surface area contributed by atoms with Gasteiger partial charge in [-0.25, -0.2) is 0 Å². The predicted octanol–water partition coefficient (Wildman–Crippen LogP) is 3.99. The molecule has 1 heterocycles. The molecular weight excluding hydrogens is 363 g/mol. The van der Waals surface area contributed by atoms with Crippen molar-refractivity contribution in [3.05, 3.63) is 52.5 Å². The van der Waals surface area contributed by atoms with Crippen molar-refractivity contribution in [2.24, 2.45) is 5.92 Å². The molecule has 25 heavy (non-hydrogen) atoms. The topological polar surface area (TPSA) is 58.6 Å². The summed E-state index contributed by atoms with van der Waals surface area (Å²) in [5.74, 6) is -0.112. The van der Waals surface area contributed by atoms with Gasteiger partial charge < -0.3 is 15.0 Å². The summed E-state index contributed by atoms with van der Waals surface area (Å²) in [4.78, 5) is 26.3. The third-order valence-corrected chi connectivity index (χ3v) is 4.79. The Morgan fingerprint density at radius 2 is 2.00 bits per heavy atom. The van der Waals surface area contributed by atoms with Gasteiger partial charge in [0, 0.05) is 30.4 Å². The molecule has 3 rings (SSSR count). The molecule has 1 aliphatic rings. The molecular formula is C18H16Cl2N2O3. The van der Waals surface area contributed by atoms with Crippen molar-refractivity contribution in [3.63, 3.8) is 0 Å². The lowest BCUT2D eigenvalue weighted by Gasteiger charge is -2.17. The van der Waals surface area contributed by atoms with Crippen molar-refractivity contribution in [1.82, 2.24) is 0 Å². The van der Waals surface area contributed by atoms with Gasteiger partial charge in [-0.2, -0.15) is 0 Å². The first kappa shape index (κ1) is 17.6. The third kappa shape index (κ3) is 3.89. The second-order valence-electron chi connectivity index (χ2n) is 5.73. The van der Waals surface area contributed by atoms with Crippen LogP contribution in [0.15, 0.2) is 42.5 Å². The van der Waals surface area contributed by atoms with Crippen LogP contribution in [-0.2, 0) is 9.59 Å². The lowest BCUT2D eigenvalue weighted by molar-refractivity contribution is -0.122. The fourth-order valence-corrected chi connectivity index (χ4v) is 3.02. The summed E-state index contributed by atoms with van der Waals surface area (Å²) in [6.07, 6.45) is 0.149. The summed E-state index contributed by atoms with van der Waals surface area (Å²) in [7, 11) is 1.56. The number of halogens is 2. The number of anilines is 2. The monoisotopic (exact) mass is 378 g/mol. The highest BCUT2D eigenvalue weighted by atomic mass is 35.5. The van der Waals surface area contributed by atoms with E-state index in [1.54, 1.807) is 54.5 Å². The number of hydrogen-bond acceptors (Lipinski definition) is 3. The molecule has 1 N–H and O–H groups in total. The first-order chi connectivity index (χ1) is 12.0. The van der Waals surface area contributed by atoms with Crippen molar-refractivity contribution in [2.75, 3.05) is 23.9 Å². The number of ether oxygens (including phenoxy) is 1. The van der Waals surface area contributed by atoms with Gasteiger partial charge in [-0.15, -0.1) is 0 Å². The highest BCUT2D eigenvalue weighted by Crippen LogP contribution is 2.31. The van der Waals surface area contributed by atoms with Crippen LogP contribution in [0.5, 0.6) is 5.75 Å². The Morgan fingerprint density at radius 1 is 1.20 bits per heavy atom. The molecule has 0 aliphatic carbocycles. The van der Waals surface area contributed by atoms with Crippen LogP contribution in [0.25, 0.3) is 0 Å². The Labute approximate surface area is 155 Å². The molecule has 0 spiro atoms. The summed E-state index contributed by atoms with van der Waals surface area (Å²) < 4.78 is 5.14. The van der Waals surface area contributed by atoms with Gasteiger partial charge in [0.15, 0.2) is 0 Å². The van der Waals surface area contributed by atoms with Crippen LogP contribution in [0.2, 0.25) is 10.0 Å². The fraction of sp³-hybridized carbons (Fsp3) is 0.222. The van der Waals surface area contributed by atoms with Crippen molar-refractivity contribution >= 4 is 46.4 Å². The minimum absolute atomic E-state index is 0.121. The largest absolute Gasteiger partial charge is 0.497 e. The SMILES string of the molecule is COc1cccc(NC(=O)C2CC(=O)N(c3ccc(Cl)c(Cl)c3)C2)c1. The van der Waals surface area contributed by atoms with Gasteiger partial charge in [0.2, 0.25) is 11.8 Å². The fourth-order valence-electron chi connectivity index (χ4n) is 2.73. The maximum absolute atomic E-state index is 12.5. The molecule has 2 aromatic carbocycles. The van der Waals surface area contributed by atoms with Gasteiger partial charge in [-0.3, -0.25) is 9.59 Å². The van der Waals surface area contributed by atoms with E-state index < -0.39 is 5.92 Å². The highest BCUT2D eigenvalue weighted by molar-refractivity contribution is 6.42. The van der Waals surface area contributed by atoms with E-state index in [-0.39, 0.29) is 18.2 Å². The van der Waals surface area contributed by atoms with Gasteiger partial charge in [-0.05, 0) is 30.3 Å². The van der Waals surface area contributed by atoms with E-state index in [1.165, 1.54) is 0 Å². The molecule has 1 fully saturated rings. The minimum atomic E-state index is -0.437. The van der Waals surface area contributed by atoms with Crippen LogP contribution >= 0.6 is 23.2 Å². The van der Waals surface area contributed by atoms with E-state index in [0.717, 1.165) is 0 Å². The van der Waals surface area contributed by atoms with E-state index in [2.05, 4.69) is 5.32 Å². The van der Waals surface area contributed by atoms with Gasteiger partial charge in [0.25, 0.3) is 0 Å². The van der Waals surface area contributed by atoms with Crippen molar-refractivity contribution in [2.45, 2.75) is 6.42 Å². The average Bonchev–Trinajstić information content (AvgIpc) is 2.99. The maximum Gasteiger partial charge on any atom is 0.229 e. The molecule has 1 aliphatic heterocycles. The molecule has 2 aromatic rings. The second kappa shape index (κ2) is 7.33. The molecule has 5 nitrogen and oxygen atoms in total. The van der Waals surface area contributed by atoms with Gasteiger partial charge in [-0.1, -0.05) is 29.3 Å². The van der Waals surface area contributed by atoms with Crippen molar-refractivity contribution in [1.29, 1.82) is 0 Å². The Morgan fingerprint density at radius 3 is 2.72 bits per heavy atom. The van der Waals surface area contributed by atoms with E-state index in [4.69, 9.17) is 27.9 Å². The number of benzene rings is 2. The van der Waals surface area contributed by atoms with E-state index in [1.807, 2.05) is 0 Å². The highest BCUT2D eigenvalue weighted by Gasteiger charge is 2.35. The van der Waals surface area contributed by atoms with Crippen LogP contribution < -0.4 is 15.0 Å². The van der Waals surface area contributed by atoms with Crippen molar-refractivity contribution in [3.8, 4) is 5.75 Å². The van der Waals surface area contributed by atoms with E-state index >= 15 is 0 Å². The van der Waals surface area contributed by atoms with E-state index in [9.17, 15) is 9.59 Å². The molecule has 7 heteroatoms. The zero-order chi connectivity index (χ0) is 18.0. The van der Waals surface area contributed by atoms with Gasteiger partial charge >= 0.3 is 0 Å². The summed E-state index contributed by atoms with van der Waals surface area (Å²) in [5.41, 5.74) is 1.26.